The molecular formula is C17H19ClO3. The van der Waals surface area contributed by atoms with Crippen LogP contribution >= 0.6 is 11.6 Å². The predicted octanol–water partition coefficient (Wildman–Crippen LogP) is 3.85. The van der Waals surface area contributed by atoms with Gasteiger partial charge in [0.05, 0.1) is 25.3 Å². The van der Waals surface area contributed by atoms with Crippen LogP contribution in [-0.4, -0.2) is 18.8 Å². The zero-order valence-electron chi connectivity index (χ0n) is 12.0. The number of aryl methyl sites for hydroxylation is 1. The van der Waals surface area contributed by atoms with Gasteiger partial charge in [-0.05, 0) is 36.1 Å². The second kappa shape index (κ2) is 7.91. The van der Waals surface area contributed by atoms with Crippen molar-refractivity contribution in [1.29, 1.82) is 0 Å². The molecule has 0 unspecified atom stereocenters. The largest absolute Gasteiger partial charge is 0.493 e. The van der Waals surface area contributed by atoms with Gasteiger partial charge in [-0.3, -0.25) is 0 Å². The summed E-state index contributed by atoms with van der Waals surface area (Å²) in [7, 11) is 1.56. The van der Waals surface area contributed by atoms with Crippen LogP contribution in [0.5, 0.6) is 11.5 Å². The molecule has 0 saturated carbocycles. The molecule has 21 heavy (non-hydrogen) atoms. The van der Waals surface area contributed by atoms with Crippen molar-refractivity contribution in [3.8, 4) is 11.5 Å². The van der Waals surface area contributed by atoms with E-state index in [9.17, 15) is 0 Å². The molecule has 0 aliphatic carbocycles. The van der Waals surface area contributed by atoms with E-state index in [0.717, 1.165) is 12.8 Å². The van der Waals surface area contributed by atoms with Crippen molar-refractivity contribution in [3.05, 3.63) is 58.6 Å². The Balaban J connectivity index is 1.93. The Kier molecular flexibility index (Phi) is 5.90. The van der Waals surface area contributed by atoms with Crippen LogP contribution in [0.3, 0.4) is 0 Å². The van der Waals surface area contributed by atoms with E-state index in [1.165, 1.54) is 5.56 Å². The molecule has 0 aliphatic rings. The number of rotatable bonds is 7. The maximum Gasteiger partial charge on any atom is 0.179 e. The average Bonchev–Trinajstić information content (AvgIpc) is 2.53. The second-order valence-electron chi connectivity index (χ2n) is 4.70. The van der Waals surface area contributed by atoms with E-state index in [1.54, 1.807) is 19.2 Å². The lowest BCUT2D eigenvalue weighted by atomic mass is 10.1. The van der Waals surface area contributed by atoms with Crippen molar-refractivity contribution >= 4 is 11.6 Å². The zero-order chi connectivity index (χ0) is 15.1. The fraction of sp³-hybridized carbons (Fsp3) is 0.294. The van der Waals surface area contributed by atoms with E-state index in [2.05, 4.69) is 12.1 Å². The van der Waals surface area contributed by atoms with Crippen LogP contribution in [-0.2, 0) is 13.0 Å². The van der Waals surface area contributed by atoms with Gasteiger partial charge in [-0.25, -0.2) is 0 Å². The molecule has 1 N–H and O–H groups in total. The summed E-state index contributed by atoms with van der Waals surface area (Å²) < 4.78 is 11.0. The van der Waals surface area contributed by atoms with E-state index in [-0.39, 0.29) is 6.61 Å². The molecule has 2 rings (SSSR count). The summed E-state index contributed by atoms with van der Waals surface area (Å²) >= 11 is 6.17. The summed E-state index contributed by atoms with van der Waals surface area (Å²) in [6.45, 7) is 0.480. The molecule has 2 aromatic rings. The molecule has 0 saturated heterocycles. The number of aliphatic hydroxyl groups excluding tert-OH is 1. The van der Waals surface area contributed by atoms with E-state index in [4.69, 9.17) is 26.2 Å². The van der Waals surface area contributed by atoms with Gasteiger partial charge in [-0.2, -0.15) is 0 Å². The molecule has 4 heteroatoms. The maximum atomic E-state index is 9.16. The minimum absolute atomic E-state index is 0.0790. The summed E-state index contributed by atoms with van der Waals surface area (Å²) in [6, 6.07) is 13.7. The van der Waals surface area contributed by atoms with Gasteiger partial charge < -0.3 is 14.6 Å². The Hall–Kier alpha value is -1.71. The average molecular weight is 307 g/mol. The number of halogens is 1. The fourth-order valence-corrected chi connectivity index (χ4v) is 2.39. The molecule has 0 heterocycles. The van der Waals surface area contributed by atoms with Crippen molar-refractivity contribution in [1.82, 2.24) is 0 Å². The highest BCUT2D eigenvalue weighted by molar-refractivity contribution is 6.32. The number of hydrogen-bond acceptors (Lipinski definition) is 3. The van der Waals surface area contributed by atoms with Gasteiger partial charge in [0, 0.05) is 0 Å². The van der Waals surface area contributed by atoms with E-state index >= 15 is 0 Å². The molecule has 0 bridgehead atoms. The van der Waals surface area contributed by atoms with Gasteiger partial charge in [-0.1, -0.05) is 41.9 Å². The first-order chi connectivity index (χ1) is 10.2. The lowest BCUT2D eigenvalue weighted by Crippen LogP contribution is -2.02. The Labute approximate surface area is 130 Å². The molecule has 0 amide bonds. The Morgan fingerprint density at radius 3 is 2.52 bits per heavy atom. The SMILES string of the molecule is COc1cc(CO)cc(Cl)c1OCCCc1ccccc1. The van der Waals surface area contributed by atoms with E-state index in [1.807, 2.05) is 18.2 Å². The van der Waals surface area contributed by atoms with Crippen LogP contribution in [0.15, 0.2) is 42.5 Å². The Morgan fingerprint density at radius 2 is 1.86 bits per heavy atom. The molecule has 0 fully saturated rings. The lowest BCUT2D eigenvalue weighted by Gasteiger charge is -2.13. The smallest absolute Gasteiger partial charge is 0.179 e. The third-order valence-corrected chi connectivity index (χ3v) is 3.45. The summed E-state index contributed by atoms with van der Waals surface area (Å²) in [5.74, 6) is 1.08. The van der Waals surface area contributed by atoms with Crippen LogP contribution in [0.1, 0.15) is 17.5 Å². The quantitative estimate of drug-likeness (QED) is 0.790. The van der Waals surface area contributed by atoms with Crippen LogP contribution in [0.25, 0.3) is 0 Å². The molecule has 2 aromatic carbocycles. The van der Waals surface area contributed by atoms with Crippen molar-refractivity contribution in [2.24, 2.45) is 0 Å². The number of benzene rings is 2. The van der Waals surface area contributed by atoms with E-state index < -0.39 is 0 Å². The first-order valence-electron chi connectivity index (χ1n) is 6.88. The zero-order valence-corrected chi connectivity index (χ0v) is 12.8. The van der Waals surface area contributed by atoms with Crippen molar-refractivity contribution in [2.75, 3.05) is 13.7 Å². The molecule has 112 valence electrons. The van der Waals surface area contributed by atoms with Gasteiger partial charge in [0.2, 0.25) is 0 Å². The van der Waals surface area contributed by atoms with Gasteiger partial charge in [0.25, 0.3) is 0 Å². The molecule has 0 aliphatic heterocycles. The summed E-state index contributed by atoms with van der Waals surface area (Å²) in [5, 5.41) is 9.61. The third kappa shape index (κ3) is 4.38. The van der Waals surface area contributed by atoms with E-state index in [0.29, 0.717) is 28.7 Å². The molecule has 0 radical (unpaired) electrons. The predicted molar refractivity (Wildman–Crippen MR) is 84.2 cm³/mol. The molecule has 0 atom stereocenters. The monoisotopic (exact) mass is 306 g/mol. The highest BCUT2D eigenvalue weighted by Crippen LogP contribution is 2.36. The Morgan fingerprint density at radius 1 is 1.10 bits per heavy atom. The number of methoxy groups -OCH3 is 1. The first kappa shape index (κ1) is 15.7. The van der Waals surface area contributed by atoms with Crippen molar-refractivity contribution in [2.45, 2.75) is 19.4 Å². The molecule has 3 nitrogen and oxygen atoms in total. The summed E-state index contributed by atoms with van der Waals surface area (Å²) in [4.78, 5) is 0. The summed E-state index contributed by atoms with van der Waals surface area (Å²) in [6.07, 6.45) is 1.85. The number of hydrogen-bond donors (Lipinski definition) is 1. The number of ether oxygens (including phenoxy) is 2. The van der Waals surface area contributed by atoms with Gasteiger partial charge in [-0.15, -0.1) is 0 Å². The summed E-state index contributed by atoms with van der Waals surface area (Å²) in [5.41, 5.74) is 1.99. The number of aliphatic hydroxyl groups is 1. The Bertz CT molecular complexity index is 570. The van der Waals surface area contributed by atoms with Gasteiger partial charge in [0.15, 0.2) is 11.5 Å². The maximum absolute atomic E-state index is 9.16. The highest BCUT2D eigenvalue weighted by Gasteiger charge is 2.11. The third-order valence-electron chi connectivity index (χ3n) is 3.17. The highest BCUT2D eigenvalue weighted by atomic mass is 35.5. The first-order valence-corrected chi connectivity index (χ1v) is 7.26. The second-order valence-corrected chi connectivity index (χ2v) is 5.11. The minimum Gasteiger partial charge on any atom is -0.493 e. The van der Waals surface area contributed by atoms with Crippen LogP contribution in [0, 0.1) is 0 Å². The molecule has 0 spiro atoms. The van der Waals surface area contributed by atoms with Gasteiger partial charge >= 0.3 is 0 Å². The van der Waals surface area contributed by atoms with Crippen LogP contribution < -0.4 is 9.47 Å². The van der Waals surface area contributed by atoms with Crippen molar-refractivity contribution in [3.63, 3.8) is 0 Å². The van der Waals surface area contributed by atoms with Gasteiger partial charge in [0.1, 0.15) is 0 Å². The lowest BCUT2D eigenvalue weighted by molar-refractivity contribution is 0.276. The van der Waals surface area contributed by atoms with Crippen LogP contribution in [0.2, 0.25) is 5.02 Å². The topological polar surface area (TPSA) is 38.7 Å². The normalized spacial score (nSPS) is 10.4. The van der Waals surface area contributed by atoms with Crippen LogP contribution in [0.4, 0.5) is 0 Å². The standard InChI is InChI=1S/C17H19ClO3/c1-20-16-11-14(12-19)10-15(18)17(16)21-9-5-8-13-6-3-2-4-7-13/h2-4,6-7,10-11,19H,5,8-9,12H2,1H3. The van der Waals surface area contributed by atoms with Crippen molar-refractivity contribution < 1.29 is 14.6 Å². The fourth-order valence-electron chi connectivity index (χ4n) is 2.10. The minimum atomic E-state index is -0.0790. The molecule has 0 aromatic heterocycles. The molecular weight excluding hydrogens is 288 g/mol.